The first-order valence-corrected chi connectivity index (χ1v) is 27.0. The van der Waals surface area contributed by atoms with Crippen LogP contribution in [0.4, 0.5) is 0 Å². The van der Waals surface area contributed by atoms with Crippen LogP contribution in [0.2, 0.25) is 0 Å². The highest BCUT2D eigenvalue weighted by Crippen LogP contribution is 2.80. The number of aliphatic hydroxyl groups excluding tert-OH is 12. The number of fused-ring (bicyclic) bond motifs is 4. The molecule has 0 radical (unpaired) electrons. The van der Waals surface area contributed by atoms with Gasteiger partial charge in [0.15, 0.2) is 30.9 Å². The molecule has 0 amide bonds. The Morgan fingerprint density at radius 2 is 1.22 bits per heavy atom. The maximum Gasteiger partial charge on any atom is 0.187 e. The number of hydrogen-bond acceptors (Lipinski definition) is 22. The molecule has 29 unspecified atom stereocenters. The standard InChI is InChI=1S/C52H84O22/c1-22(2)14-23-15-50(7,74-44-38(63)33(58)26(56)19-66-44)42-24-8-9-30-48(5)12-11-31(47(3,4)29(48)10-13-49(30,6)51(24)20-52(42,73-23)67-21-51)70-46-41(72-43-37(62)32(57)25(55)18-65-43)40(35(60)28(17-54)69-46)71-45-39(64)36(61)34(59)27(16-53)68-45/h14,23-46,53-64H,8-13,15-21H2,1-7H3. The monoisotopic (exact) mass is 1060 g/mol. The molecule has 6 aliphatic heterocycles. The van der Waals surface area contributed by atoms with E-state index in [1.165, 1.54) is 0 Å². The fourth-order valence-electron chi connectivity index (χ4n) is 17.1. The molecule has 0 aromatic heterocycles. The van der Waals surface area contributed by atoms with Crippen LogP contribution in [0.1, 0.15) is 99.8 Å². The molecular weight excluding hydrogens is 977 g/mol. The van der Waals surface area contributed by atoms with Crippen LogP contribution in [-0.4, -0.2) is 229 Å². The van der Waals surface area contributed by atoms with Crippen LogP contribution >= 0.6 is 0 Å². The van der Waals surface area contributed by atoms with Crippen LogP contribution in [-0.2, 0) is 47.4 Å². The third kappa shape index (κ3) is 8.75. The largest absolute Gasteiger partial charge is 0.394 e. The summed E-state index contributed by atoms with van der Waals surface area (Å²) in [5, 5.41) is 129. The molecule has 4 saturated carbocycles. The minimum atomic E-state index is -1.89. The normalized spacial score (nSPS) is 56.9. The summed E-state index contributed by atoms with van der Waals surface area (Å²) in [7, 11) is 0. The highest BCUT2D eigenvalue weighted by atomic mass is 16.8. The van der Waals surface area contributed by atoms with E-state index in [-0.39, 0.29) is 52.6 Å². The van der Waals surface area contributed by atoms with Crippen molar-refractivity contribution in [2.24, 2.45) is 45.3 Å². The molecule has 12 N–H and O–H groups in total. The second-order valence-corrected chi connectivity index (χ2v) is 25.3. The number of aliphatic hydroxyl groups is 12. The predicted octanol–water partition coefficient (Wildman–Crippen LogP) is -1.57. The highest BCUT2D eigenvalue weighted by molar-refractivity contribution is 5.27. The Morgan fingerprint density at radius 1 is 0.608 bits per heavy atom. The molecule has 10 aliphatic rings. The van der Waals surface area contributed by atoms with Crippen molar-refractivity contribution < 1.29 is 109 Å². The summed E-state index contributed by atoms with van der Waals surface area (Å²) < 4.78 is 64.2. The van der Waals surface area contributed by atoms with Gasteiger partial charge >= 0.3 is 0 Å². The van der Waals surface area contributed by atoms with E-state index in [1.807, 2.05) is 13.8 Å². The van der Waals surface area contributed by atoms with Gasteiger partial charge in [0.2, 0.25) is 0 Å². The minimum absolute atomic E-state index is 0.0989. The Balaban J connectivity index is 0.926. The second kappa shape index (κ2) is 20.1. The van der Waals surface area contributed by atoms with Crippen LogP contribution in [0, 0.1) is 45.3 Å². The van der Waals surface area contributed by atoms with Crippen LogP contribution in [0.25, 0.3) is 0 Å². The van der Waals surface area contributed by atoms with Crippen LogP contribution in [0.5, 0.6) is 0 Å². The van der Waals surface area contributed by atoms with Crippen molar-refractivity contribution >= 4 is 0 Å². The maximum atomic E-state index is 11.8. The van der Waals surface area contributed by atoms with Gasteiger partial charge in [-0.2, -0.15) is 0 Å². The average Bonchev–Trinajstić information content (AvgIpc) is 3.87. The third-order valence-corrected chi connectivity index (χ3v) is 20.6. The predicted molar refractivity (Wildman–Crippen MR) is 251 cm³/mol. The van der Waals surface area contributed by atoms with E-state index >= 15 is 0 Å². The molecule has 424 valence electrons. The van der Waals surface area contributed by atoms with Crippen molar-refractivity contribution in [3.8, 4) is 0 Å². The molecule has 2 spiro atoms. The summed E-state index contributed by atoms with van der Waals surface area (Å²) >= 11 is 0. The van der Waals surface area contributed by atoms with E-state index in [4.69, 9.17) is 47.4 Å². The molecule has 6 heterocycles. The van der Waals surface area contributed by atoms with Crippen molar-refractivity contribution in [3.63, 3.8) is 0 Å². The fraction of sp³-hybridized carbons (Fsp3) is 0.962. The molecule has 74 heavy (non-hydrogen) atoms. The van der Waals surface area contributed by atoms with Crippen molar-refractivity contribution in [1.29, 1.82) is 0 Å². The molecule has 6 saturated heterocycles. The molecule has 4 aliphatic carbocycles. The van der Waals surface area contributed by atoms with Gasteiger partial charge < -0.3 is 109 Å². The van der Waals surface area contributed by atoms with Gasteiger partial charge in [-0.3, -0.25) is 0 Å². The van der Waals surface area contributed by atoms with Gasteiger partial charge in [0.25, 0.3) is 0 Å². The van der Waals surface area contributed by atoms with E-state index in [9.17, 15) is 61.3 Å². The molecule has 22 heteroatoms. The Labute approximate surface area is 431 Å². The lowest BCUT2D eigenvalue weighted by Crippen LogP contribution is -2.69. The Kier molecular flexibility index (Phi) is 15.3. The SMILES string of the molecule is CC(C)=CC1CC(C)(OC2OCC(O)C(O)C2O)C2C3CCC4C5(C)CCC(OC6OC(CO)C(O)C(OC7OC(CO)C(O)C(O)C7O)C6OC6OCC(O)C(O)C6O)C(C)(C)C5CCC4(C)C34COC2(C4)O1. The summed E-state index contributed by atoms with van der Waals surface area (Å²) in [5.41, 5.74) is -1.12. The first kappa shape index (κ1) is 56.1. The zero-order valence-corrected chi connectivity index (χ0v) is 43.6. The summed E-state index contributed by atoms with van der Waals surface area (Å²) in [6.45, 7) is 13.7. The third-order valence-electron chi connectivity index (χ3n) is 20.6. The number of allylic oxidation sites excluding steroid dienone is 1. The van der Waals surface area contributed by atoms with E-state index in [0.29, 0.717) is 25.9 Å². The summed E-state index contributed by atoms with van der Waals surface area (Å²) in [6.07, 6.45) is -21.0. The molecule has 29 atom stereocenters. The van der Waals surface area contributed by atoms with Gasteiger partial charge in [-0.15, -0.1) is 0 Å². The lowest BCUT2D eigenvalue weighted by molar-refractivity contribution is -0.395. The second-order valence-electron chi connectivity index (χ2n) is 25.3. The molecule has 2 bridgehead atoms. The van der Waals surface area contributed by atoms with E-state index in [0.717, 1.165) is 37.7 Å². The molecule has 0 aromatic carbocycles. The van der Waals surface area contributed by atoms with Crippen LogP contribution < -0.4 is 0 Å². The lowest BCUT2D eigenvalue weighted by Gasteiger charge is -2.70. The zero-order valence-electron chi connectivity index (χ0n) is 43.6. The van der Waals surface area contributed by atoms with Gasteiger partial charge in [0, 0.05) is 24.2 Å². The Morgan fingerprint density at radius 3 is 1.88 bits per heavy atom. The van der Waals surface area contributed by atoms with Gasteiger partial charge in [-0.05, 0) is 93.3 Å². The quantitative estimate of drug-likeness (QED) is 0.0822. The molecule has 22 nitrogen and oxygen atoms in total. The van der Waals surface area contributed by atoms with Gasteiger partial charge in [0.1, 0.15) is 85.5 Å². The summed E-state index contributed by atoms with van der Waals surface area (Å²) in [6, 6.07) is 0. The lowest BCUT2D eigenvalue weighted by atomic mass is 9.35. The molecule has 0 aromatic rings. The van der Waals surface area contributed by atoms with Crippen molar-refractivity contribution in [2.45, 2.75) is 234 Å². The maximum absolute atomic E-state index is 11.8. The van der Waals surface area contributed by atoms with Gasteiger partial charge in [-0.25, -0.2) is 0 Å². The van der Waals surface area contributed by atoms with Crippen LogP contribution in [0.3, 0.4) is 0 Å². The first-order chi connectivity index (χ1) is 34.8. The molecule has 10 fully saturated rings. The van der Waals surface area contributed by atoms with Crippen molar-refractivity contribution in [3.05, 3.63) is 11.6 Å². The van der Waals surface area contributed by atoms with Gasteiger partial charge in [-0.1, -0.05) is 39.3 Å². The smallest absolute Gasteiger partial charge is 0.187 e. The van der Waals surface area contributed by atoms with Crippen LogP contribution in [0.15, 0.2) is 11.6 Å². The van der Waals surface area contributed by atoms with E-state index in [1.54, 1.807) is 0 Å². The fourth-order valence-corrected chi connectivity index (χ4v) is 17.1. The molecular formula is C52H84O22. The van der Waals surface area contributed by atoms with Gasteiger partial charge in [0.05, 0.1) is 50.8 Å². The van der Waals surface area contributed by atoms with E-state index < -0.39 is 153 Å². The number of ether oxygens (including phenoxy) is 10. The highest BCUT2D eigenvalue weighted by Gasteiger charge is 2.81. The van der Waals surface area contributed by atoms with E-state index in [2.05, 4.69) is 40.7 Å². The Hall–Kier alpha value is -1.14. The topological polar surface area (TPSA) is 335 Å². The summed E-state index contributed by atoms with van der Waals surface area (Å²) in [5.74, 6) is -0.746. The van der Waals surface area contributed by atoms with Crippen molar-refractivity contribution in [1.82, 2.24) is 0 Å². The first-order valence-electron chi connectivity index (χ1n) is 27.0. The number of hydrogen-bond donors (Lipinski definition) is 12. The minimum Gasteiger partial charge on any atom is -0.394 e. The number of rotatable bonds is 11. The summed E-state index contributed by atoms with van der Waals surface area (Å²) in [4.78, 5) is 0. The van der Waals surface area contributed by atoms with Crippen molar-refractivity contribution in [2.75, 3.05) is 33.0 Å². The molecule has 10 rings (SSSR count). The average molecular weight is 1060 g/mol. The zero-order chi connectivity index (χ0) is 53.4. The Bertz CT molecular complexity index is 2030.